The van der Waals surface area contributed by atoms with E-state index in [4.69, 9.17) is 9.47 Å². The molecule has 0 bridgehead atoms. The highest BCUT2D eigenvalue weighted by Gasteiger charge is 2.33. The second kappa shape index (κ2) is 4.67. The Hall–Kier alpha value is -0.740. The zero-order chi connectivity index (χ0) is 12.8. The Labute approximate surface area is 121 Å². The quantitative estimate of drug-likeness (QED) is 0.862. The van der Waals surface area contributed by atoms with Gasteiger partial charge in [-0.25, -0.2) is 0 Å². The van der Waals surface area contributed by atoms with Gasteiger partial charge in [-0.05, 0) is 41.6 Å². The molecule has 4 heteroatoms. The molecule has 4 rings (SSSR count). The molecule has 1 N–H and O–H groups in total. The number of fused-ring (bicyclic) bond motifs is 2. The summed E-state index contributed by atoms with van der Waals surface area (Å²) in [4.78, 5) is 0. The molecule has 3 nitrogen and oxygen atoms in total. The Morgan fingerprint density at radius 1 is 0.947 bits per heavy atom. The third-order valence-corrected chi connectivity index (χ3v) is 5.25. The van der Waals surface area contributed by atoms with Crippen LogP contribution in [0.3, 0.4) is 0 Å². The third-order valence-electron chi connectivity index (χ3n) is 4.41. The monoisotopic (exact) mass is 323 g/mol. The molecule has 3 aliphatic heterocycles. The summed E-state index contributed by atoms with van der Waals surface area (Å²) >= 11 is 3.76. The Morgan fingerprint density at radius 3 is 2.32 bits per heavy atom. The second-order valence-corrected chi connectivity index (χ2v) is 6.40. The average Bonchev–Trinajstić information content (AvgIpc) is 2.41. The normalized spacial score (nSPS) is 21.7. The molecule has 0 unspecified atom stereocenters. The summed E-state index contributed by atoms with van der Waals surface area (Å²) in [5, 5.41) is 3.38. The first-order valence-electron chi connectivity index (χ1n) is 7.19. The van der Waals surface area contributed by atoms with Crippen LogP contribution in [0.5, 0.6) is 11.5 Å². The van der Waals surface area contributed by atoms with Crippen molar-refractivity contribution in [2.24, 2.45) is 0 Å². The maximum atomic E-state index is 6.05. The van der Waals surface area contributed by atoms with E-state index in [1.165, 1.54) is 16.7 Å². The number of rotatable bonds is 1. The number of nitrogens with one attached hydrogen (secondary N) is 1. The van der Waals surface area contributed by atoms with Crippen LogP contribution >= 0.6 is 15.9 Å². The summed E-state index contributed by atoms with van der Waals surface area (Å²) in [6.45, 7) is 3.84. The van der Waals surface area contributed by atoms with E-state index in [0.29, 0.717) is 5.92 Å². The second-order valence-electron chi connectivity index (χ2n) is 5.60. The summed E-state index contributed by atoms with van der Waals surface area (Å²) in [6, 6.07) is 0. The van der Waals surface area contributed by atoms with Gasteiger partial charge in [0.25, 0.3) is 0 Å². The fourth-order valence-corrected chi connectivity index (χ4v) is 4.08. The Balaban J connectivity index is 1.95. The van der Waals surface area contributed by atoms with Gasteiger partial charge in [0.15, 0.2) is 0 Å². The number of ether oxygens (including phenoxy) is 2. The van der Waals surface area contributed by atoms with E-state index in [-0.39, 0.29) is 0 Å². The lowest BCUT2D eigenvalue weighted by Gasteiger charge is -2.36. The van der Waals surface area contributed by atoms with E-state index in [9.17, 15) is 0 Å². The molecular formula is C15H18BrNO2. The molecule has 0 atom stereocenters. The standard InChI is InChI=1S/C15H18BrNO2/c16-13-11-4-2-5-18-14(11)12(9-7-17-8-9)10-3-1-6-19-15(10)13/h9,17H,1-8H2. The number of halogens is 1. The van der Waals surface area contributed by atoms with E-state index >= 15 is 0 Å². The molecule has 19 heavy (non-hydrogen) atoms. The summed E-state index contributed by atoms with van der Waals surface area (Å²) in [6.07, 6.45) is 4.44. The van der Waals surface area contributed by atoms with Gasteiger partial charge in [-0.1, -0.05) is 0 Å². The van der Waals surface area contributed by atoms with Crippen LogP contribution in [0.1, 0.15) is 35.4 Å². The van der Waals surface area contributed by atoms with Crippen LogP contribution in [0.25, 0.3) is 0 Å². The lowest BCUT2D eigenvalue weighted by Crippen LogP contribution is -2.41. The molecule has 0 amide bonds. The molecular weight excluding hydrogens is 306 g/mol. The maximum absolute atomic E-state index is 6.05. The Kier molecular flexibility index (Phi) is 2.96. The largest absolute Gasteiger partial charge is 0.493 e. The summed E-state index contributed by atoms with van der Waals surface area (Å²) < 4.78 is 13.1. The molecule has 1 fully saturated rings. The van der Waals surface area contributed by atoms with Crippen molar-refractivity contribution in [1.29, 1.82) is 0 Å². The zero-order valence-corrected chi connectivity index (χ0v) is 12.5. The predicted octanol–water partition coefficient (Wildman–Crippen LogP) is 2.79. The molecule has 0 spiro atoms. The fraction of sp³-hybridized carbons (Fsp3) is 0.600. The maximum Gasteiger partial charge on any atom is 0.137 e. The van der Waals surface area contributed by atoms with Crippen molar-refractivity contribution in [2.75, 3.05) is 26.3 Å². The van der Waals surface area contributed by atoms with Gasteiger partial charge in [-0.3, -0.25) is 0 Å². The molecule has 0 saturated carbocycles. The van der Waals surface area contributed by atoms with E-state index in [2.05, 4.69) is 21.2 Å². The minimum absolute atomic E-state index is 0.607. The minimum Gasteiger partial charge on any atom is -0.493 e. The fourth-order valence-electron chi connectivity index (χ4n) is 3.35. The van der Waals surface area contributed by atoms with Gasteiger partial charge in [0, 0.05) is 35.7 Å². The van der Waals surface area contributed by atoms with E-state index < -0.39 is 0 Å². The highest BCUT2D eigenvalue weighted by Crippen LogP contribution is 2.49. The van der Waals surface area contributed by atoms with Crippen LogP contribution in [0.4, 0.5) is 0 Å². The zero-order valence-electron chi connectivity index (χ0n) is 10.9. The molecule has 0 radical (unpaired) electrons. The van der Waals surface area contributed by atoms with Crippen molar-refractivity contribution >= 4 is 15.9 Å². The van der Waals surface area contributed by atoms with Crippen LogP contribution in [0.2, 0.25) is 0 Å². The first kappa shape index (κ1) is 12.0. The highest BCUT2D eigenvalue weighted by atomic mass is 79.9. The van der Waals surface area contributed by atoms with Crippen LogP contribution in [-0.4, -0.2) is 26.3 Å². The SMILES string of the molecule is Brc1c2c(c(C3CNC3)c3c1OCCC3)OCCC2. The molecule has 1 aromatic carbocycles. The van der Waals surface area contributed by atoms with Crippen molar-refractivity contribution in [3.05, 3.63) is 21.2 Å². The van der Waals surface area contributed by atoms with Crippen LogP contribution in [0.15, 0.2) is 4.47 Å². The van der Waals surface area contributed by atoms with Crippen molar-refractivity contribution in [3.8, 4) is 11.5 Å². The Morgan fingerprint density at radius 2 is 1.63 bits per heavy atom. The van der Waals surface area contributed by atoms with Crippen molar-refractivity contribution in [1.82, 2.24) is 5.32 Å². The third kappa shape index (κ3) is 1.80. The molecule has 3 aliphatic rings. The molecule has 1 saturated heterocycles. The predicted molar refractivity (Wildman–Crippen MR) is 77.4 cm³/mol. The average molecular weight is 324 g/mol. The lowest BCUT2D eigenvalue weighted by molar-refractivity contribution is 0.261. The molecule has 0 aromatic heterocycles. The number of hydrogen-bond donors (Lipinski definition) is 1. The summed E-state index contributed by atoms with van der Waals surface area (Å²) in [7, 11) is 0. The number of benzene rings is 1. The smallest absolute Gasteiger partial charge is 0.137 e. The minimum atomic E-state index is 0.607. The first-order chi connectivity index (χ1) is 9.36. The highest BCUT2D eigenvalue weighted by molar-refractivity contribution is 9.10. The number of hydrogen-bond acceptors (Lipinski definition) is 3. The molecule has 102 valence electrons. The van der Waals surface area contributed by atoms with Crippen LogP contribution < -0.4 is 14.8 Å². The molecule has 0 aliphatic carbocycles. The van der Waals surface area contributed by atoms with Crippen molar-refractivity contribution in [3.63, 3.8) is 0 Å². The van der Waals surface area contributed by atoms with E-state index in [1.807, 2.05) is 0 Å². The Bertz CT molecular complexity index is 488. The van der Waals surface area contributed by atoms with Gasteiger partial charge in [0.05, 0.1) is 17.7 Å². The first-order valence-corrected chi connectivity index (χ1v) is 7.99. The topological polar surface area (TPSA) is 30.5 Å². The van der Waals surface area contributed by atoms with Gasteiger partial charge < -0.3 is 14.8 Å². The van der Waals surface area contributed by atoms with Crippen molar-refractivity contribution < 1.29 is 9.47 Å². The van der Waals surface area contributed by atoms with Gasteiger partial charge >= 0.3 is 0 Å². The van der Waals surface area contributed by atoms with E-state index in [0.717, 1.165) is 68.0 Å². The van der Waals surface area contributed by atoms with Crippen LogP contribution in [-0.2, 0) is 12.8 Å². The van der Waals surface area contributed by atoms with Gasteiger partial charge in [-0.2, -0.15) is 0 Å². The molecule has 1 aromatic rings. The summed E-state index contributed by atoms with van der Waals surface area (Å²) in [5.74, 6) is 2.86. The van der Waals surface area contributed by atoms with E-state index in [1.54, 1.807) is 0 Å². The summed E-state index contributed by atoms with van der Waals surface area (Å²) in [5.41, 5.74) is 4.16. The molecule has 3 heterocycles. The van der Waals surface area contributed by atoms with Gasteiger partial charge in [0.1, 0.15) is 11.5 Å². The van der Waals surface area contributed by atoms with Crippen molar-refractivity contribution in [2.45, 2.75) is 31.6 Å². The van der Waals surface area contributed by atoms with Crippen LogP contribution in [0, 0.1) is 0 Å². The van der Waals surface area contributed by atoms with Gasteiger partial charge in [0.2, 0.25) is 0 Å². The lowest BCUT2D eigenvalue weighted by atomic mass is 9.83. The van der Waals surface area contributed by atoms with Gasteiger partial charge in [-0.15, -0.1) is 0 Å².